The summed E-state index contributed by atoms with van der Waals surface area (Å²) in [4.78, 5) is 13.8. The van der Waals surface area contributed by atoms with Gasteiger partial charge in [-0.3, -0.25) is 9.48 Å². The molecule has 2 aromatic rings. The molecule has 1 aromatic carbocycles. The minimum atomic E-state index is -2.59. The monoisotopic (exact) mass is 384 g/mol. The van der Waals surface area contributed by atoms with E-state index in [-0.39, 0.29) is 30.7 Å². The van der Waals surface area contributed by atoms with Crippen molar-refractivity contribution in [3.05, 3.63) is 53.9 Å². The molecule has 1 aliphatic heterocycles. The number of benzene rings is 1. The van der Waals surface area contributed by atoms with Crippen LogP contribution >= 0.6 is 12.4 Å². The number of aromatic nitrogens is 2. The number of nitrogens with zero attached hydrogens (tertiary/aromatic N) is 3. The van der Waals surface area contributed by atoms with Crippen molar-refractivity contribution in [3.63, 3.8) is 0 Å². The second-order valence-electron chi connectivity index (χ2n) is 6.24. The molecule has 1 amide bonds. The molecule has 0 aliphatic carbocycles. The summed E-state index contributed by atoms with van der Waals surface area (Å²) in [6.07, 6.45) is 1.22. The molecule has 1 saturated heterocycles. The predicted molar refractivity (Wildman–Crippen MR) is 97.8 cm³/mol. The molecule has 1 aromatic heterocycles. The Morgan fingerprint density at radius 2 is 2.08 bits per heavy atom. The predicted octanol–water partition coefficient (Wildman–Crippen LogP) is 3.14. The van der Waals surface area contributed by atoms with Crippen molar-refractivity contribution < 1.29 is 13.6 Å². The van der Waals surface area contributed by atoms with Crippen LogP contribution in [0, 0.1) is 0 Å². The number of rotatable bonds is 6. The van der Waals surface area contributed by atoms with Crippen LogP contribution in [0.4, 0.5) is 8.78 Å². The van der Waals surface area contributed by atoms with Gasteiger partial charge in [-0.25, -0.2) is 8.78 Å². The first-order valence-electron chi connectivity index (χ1n) is 8.50. The Balaban J connectivity index is 0.00000243. The average Bonchev–Trinajstić information content (AvgIpc) is 3.12. The van der Waals surface area contributed by atoms with Gasteiger partial charge in [0.05, 0.1) is 12.6 Å². The number of halogens is 3. The van der Waals surface area contributed by atoms with Gasteiger partial charge in [0.15, 0.2) is 0 Å². The molecule has 3 rings (SSSR count). The van der Waals surface area contributed by atoms with Crippen molar-refractivity contribution in [1.82, 2.24) is 20.0 Å². The van der Waals surface area contributed by atoms with Gasteiger partial charge in [-0.15, -0.1) is 12.4 Å². The molecule has 1 aliphatic rings. The Kier molecular flexibility index (Phi) is 7.53. The maximum absolute atomic E-state index is 12.9. The van der Waals surface area contributed by atoms with Gasteiger partial charge >= 0.3 is 0 Å². The van der Waals surface area contributed by atoms with E-state index in [1.165, 1.54) is 0 Å². The maximum atomic E-state index is 12.9. The van der Waals surface area contributed by atoms with Gasteiger partial charge in [0.1, 0.15) is 5.69 Å². The molecule has 2 heterocycles. The third-order valence-electron chi connectivity index (χ3n) is 4.33. The quantitative estimate of drug-likeness (QED) is 0.832. The van der Waals surface area contributed by atoms with Crippen LogP contribution < -0.4 is 5.32 Å². The van der Waals surface area contributed by atoms with Crippen LogP contribution in [0.5, 0.6) is 0 Å². The van der Waals surface area contributed by atoms with Crippen LogP contribution in [0.2, 0.25) is 0 Å². The molecular formula is C18H23ClF2N4O. The summed E-state index contributed by atoms with van der Waals surface area (Å²) in [5, 5.41) is 7.64. The molecular weight excluding hydrogens is 362 g/mol. The fourth-order valence-electron chi connectivity index (χ4n) is 3.07. The zero-order valence-corrected chi connectivity index (χ0v) is 15.2. The van der Waals surface area contributed by atoms with Gasteiger partial charge in [0.25, 0.3) is 12.3 Å². The maximum Gasteiger partial charge on any atom is 0.274 e. The fourth-order valence-corrected chi connectivity index (χ4v) is 3.07. The van der Waals surface area contributed by atoms with Crippen LogP contribution in [0.15, 0.2) is 42.6 Å². The number of piperidine rings is 1. The highest BCUT2D eigenvalue weighted by Gasteiger charge is 2.23. The number of nitrogens with one attached hydrogen (secondary N) is 1. The molecule has 1 fully saturated rings. The molecule has 1 unspecified atom stereocenters. The lowest BCUT2D eigenvalue weighted by Gasteiger charge is -2.23. The second kappa shape index (κ2) is 9.64. The van der Waals surface area contributed by atoms with Crippen molar-refractivity contribution in [3.8, 4) is 0 Å². The topological polar surface area (TPSA) is 50.2 Å². The normalized spacial score (nSPS) is 17.0. The van der Waals surface area contributed by atoms with Crippen LogP contribution in [0.1, 0.15) is 34.9 Å². The standard InChI is InChI=1S/C18H22F2N4O.ClH/c19-17(20)13-23(12-14-5-2-1-3-6-14)18(25)16-8-10-24(22-16)15-7-4-9-21-11-15;/h1-3,5-6,8,10,15,17,21H,4,7,9,11-13H2;1H. The van der Waals surface area contributed by atoms with E-state index in [0.29, 0.717) is 0 Å². The molecule has 0 saturated carbocycles. The number of carbonyl (C=O) groups is 1. The van der Waals surface area contributed by atoms with E-state index in [0.717, 1.165) is 36.4 Å². The third-order valence-corrected chi connectivity index (χ3v) is 4.33. The summed E-state index contributed by atoms with van der Waals surface area (Å²) in [5.41, 5.74) is 1.02. The van der Waals surface area contributed by atoms with E-state index in [4.69, 9.17) is 0 Å². The van der Waals surface area contributed by atoms with E-state index in [1.807, 2.05) is 30.3 Å². The minimum absolute atomic E-state index is 0. The molecule has 1 N–H and O–H groups in total. The highest BCUT2D eigenvalue weighted by Crippen LogP contribution is 2.17. The molecule has 26 heavy (non-hydrogen) atoms. The summed E-state index contributed by atoms with van der Waals surface area (Å²) < 4.78 is 27.6. The molecule has 0 bridgehead atoms. The Bertz CT molecular complexity index is 690. The number of amides is 1. The zero-order chi connectivity index (χ0) is 17.6. The summed E-state index contributed by atoms with van der Waals surface area (Å²) in [6.45, 7) is 1.33. The molecule has 0 spiro atoms. The van der Waals surface area contributed by atoms with E-state index in [1.54, 1.807) is 16.9 Å². The number of hydrogen-bond donors (Lipinski definition) is 1. The average molecular weight is 385 g/mol. The summed E-state index contributed by atoms with van der Waals surface area (Å²) in [7, 11) is 0. The Hall–Kier alpha value is -1.99. The molecule has 1 atom stereocenters. The highest BCUT2D eigenvalue weighted by molar-refractivity contribution is 5.92. The molecule has 0 radical (unpaired) electrons. The van der Waals surface area contributed by atoms with Gasteiger partial charge in [-0.1, -0.05) is 30.3 Å². The highest BCUT2D eigenvalue weighted by atomic mass is 35.5. The van der Waals surface area contributed by atoms with Gasteiger partial charge in [0.2, 0.25) is 0 Å². The Morgan fingerprint density at radius 1 is 1.31 bits per heavy atom. The van der Waals surface area contributed by atoms with Crippen LogP contribution in [0.25, 0.3) is 0 Å². The van der Waals surface area contributed by atoms with Crippen molar-refractivity contribution in [2.75, 3.05) is 19.6 Å². The minimum Gasteiger partial charge on any atom is -0.327 e. The first kappa shape index (κ1) is 20.3. The van der Waals surface area contributed by atoms with Gasteiger partial charge in [-0.2, -0.15) is 5.10 Å². The summed E-state index contributed by atoms with van der Waals surface area (Å²) in [5.74, 6) is -0.466. The lowest BCUT2D eigenvalue weighted by atomic mass is 10.1. The third kappa shape index (κ3) is 5.25. The lowest BCUT2D eigenvalue weighted by Crippen LogP contribution is -2.35. The summed E-state index contributed by atoms with van der Waals surface area (Å²) in [6, 6.07) is 10.9. The van der Waals surface area contributed by atoms with Crippen molar-refractivity contribution in [1.29, 1.82) is 0 Å². The smallest absolute Gasteiger partial charge is 0.274 e. The molecule has 5 nitrogen and oxygen atoms in total. The van der Waals surface area contributed by atoms with Crippen LogP contribution in [-0.4, -0.2) is 46.6 Å². The fraction of sp³-hybridized carbons (Fsp3) is 0.444. The molecule has 142 valence electrons. The van der Waals surface area contributed by atoms with Crippen LogP contribution in [0.3, 0.4) is 0 Å². The first-order valence-corrected chi connectivity index (χ1v) is 8.50. The SMILES string of the molecule is Cl.O=C(c1ccn(C2CCCNC2)n1)N(Cc1ccccc1)CC(F)F. The van der Waals surface area contributed by atoms with Crippen molar-refractivity contribution >= 4 is 18.3 Å². The first-order chi connectivity index (χ1) is 12.1. The van der Waals surface area contributed by atoms with Crippen molar-refractivity contribution in [2.24, 2.45) is 0 Å². The van der Waals surface area contributed by atoms with Crippen molar-refractivity contribution in [2.45, 2.75) is 31.9 Å². The van der Waals surface area contributed by atoms with Gasteiger partial charge in [-0.05, 0) is 31.0 Å². The summed E-state index contributed by atoms with van der Waals surface area (Å²) >= 11 is 0. The lowest BCUT2D eigenvalue weighted by molar-refractivity contribution is 0.0529. The molecule has 8 heteroatoms. The van der Waals surface area contributed by atoms with Gasteiger partial charge < -0.3 is 10.2 Å². The number of alkyl halides is 2. The van der Waals surface area contributed by atoms with Crippen LogP contribution in [-0.2, 0) is 6.54 Å². The number of hydrogen-bond acceptors (Lipinski definition) is 3. The largest absolute Gasteiger partial charge is 0.327 e. The zero-order valence-electron chi connectivity index (χ0n) is 14.4. The number of carbonyl (C=O) groups excluding carboxylic acids is 1. The van der Waals surface area contributed by atoms with E-state index in [9.17, 15) is 13.6 Å². The Morgan fingerprint density at radius 3 is 2.73 bits per heavy atom. The Labute approximate surface area is 157 Å². The van der Waals surface area contributed by atoms with E-state index in [2.05, 4.69) is 10.4 Å². The second-order valence-corrected chi connectivity index (χ2v) is 6.24. The van der Waals surface area contributed by atoms with E-state index >= 15 is 0 Å². The van der Waals surface area contributed by atoms with E-state index < -0.39 is 18.9 Å². The van der Waals surface area contributed by atoms with Gasteiger partial charge in [0, 0.05) is 19.3 Å².